The fourth-order valence-electron chi connectivity index (χ4n) is 1.84. The lowest BCUT2D eigenvalue weighted by Crippen LogP contribution is -2.40. The summed E-state index contributed by atoms with van der Waals surface area (Å²) in [5.74, 6) is 0.429. The zero-order valence-corrected chi connectivity index (χ0v) is 11.0. The van der Waals surface area contributed by atoms with Crippen LogP contribution in [0, 0.1) is 5.92 Å². The van der Waals surface area contributed by atoms with E-state index in [2.05, 4.69) is 19.2 Å². The van der Waals surface area contributed by atoms with Crippen LogP contribution in [-0.4, -0.2) is 23.6 Å². The number of hydrogen-bond acceptors (Lipinski definition) is 3. The van der Waals surface area contributed by atoms with E-state index in [9.17, 15) is 9.90 Å². The van der Waals surface area contributed by atoms with E-state index in [1.807, 2.05) is 6.07 Å². The molecule has 0 saturated heterocycles. The molecule has 1 aromatic rings. The van der Waals surface area contributed by atoms with Crippen molar-refractivity contribution in [1.29, 1.82) is 0 Å². The first-order valence-electron chi connectivity index (χ1n) is 6.31. The number of aromatic hydroxyl groups is 1. The Morgan fingerprint density at radius 3 is 2.61 bits per heavy atom. The van der Waals surface area contributed by atoms with Gasteiger partial charge in [-0.3, -0.25) is 4.79 Å². The summed E-state index contributed by atoms with van der Waals surface area (Å²) in [6, 6.07) is 6.97. The van der Waals surface area contributed by atoms with Gasteiger partial charge in [-0.05, 0) is 24.9 Å². The maximum Gasteiger partial charge on any atom is 0.224 e. The minimum absolute atomic E-state index is 0.0800. The van der Waals surface area contributed by atoms with E-state index in [1.54, 1.807) is 18.2 Å². The molecule has 1 unspecified atom stereocenters. The van der Waals surface area contributed by atoms with Crippen molar-refractivity contribution in [2.75, 3.05) is 6.54 Å². The quantitative estimate of drug-likeness (QED) is 0.715. The number of hydrogen-bond donors (Lipinski definition) is 3. The number of amides is 1. The van der Waals surface area contributed by atoms with Crippen LogP contribution in [0.2, 0.25) is 0 Å². The Labute approximate surface area is 108 Å². The largest absolute Gasteiger partial charge is 0.508 e. The number of phenols is 1. The molecule has 0 radical (unpaired) electrons. The summed E-state index contributed by atoms with van der Waals surface area (Å²) in [6.45, 7) is 4.67. The van der Waals surface area contributed by atoms with Gasteiger partial charge in [-0.15, -0.1) is 0 Å². The van der Waals surface area contributed by atoms with E-state index >= 15 is 0 Å². The van der Waals surface area contributed by atoms with Gasteiger partial charge in [0.25, 0.3) is 0 Å². The standard InChI is InChI=1S/C14H22N2O2/c1-10(2)12(7-8-15)16-14(18)9-11-5-3-4-6-13(11)17/h3-6,10,12,17H,7-9,15H2,1-2H3,(H,16,18). The van der Waals surface area contributed by atoms with Crippen molar-refractivity contribution in [1.82, 2.24) is 5.32 Å². The molecule has 0 fully saturated rings. The minimum atomic E-state index is -0.0800. The molecular formula is C14H22N2O2. The molecule has 0 spiro atoms. The van der Waals surface area contributed by atoms with Gasteiger partial charge >= 0.3 is 0 Å². The lowest BCUT2D eigenvalue weighted by Gasteiger charge is -2.21. The smallest absolute Gasteiger partial charge is 0.224 e. The van der Waals surface area contributed by atoms with E-state index in [-0.39, 0.29) is 24.1 Å². The summed E-state index contributed by atoms with van der Waals surface area (Å²) in [7, 11) is 0. The van der Waals surface area contributed by atoms with Crippen LogP contribution in [0.4, 0.5) is 0 Å². The predicted molar refractivity (Wildman–Crippen MR) is 72.3 cm³/mol. The van der Waals surface area contributed by atoms with Crippen LogP contribution in [0.1, 0.15) is 25.8 Å². The highest BCUT2D eigenvalue weighted by Crippen LogP contribution is 2.16. The van der Waals surface area contributed by atoms with Crippen molar-refractivity contribution in [3.63, 3.8) is 0 Å². The molecule has 0 aromatic heterocycles. The minimum Gasteiger partial charge on any atom is -0.508 e. The van der Waals surface area contributed by atoms with Gasteiger partial charge in [0.05, 0.1) is 6.42 Å². The highest BCUT2D eigenvalue weighted by atomic mass is 16.3. The van der Waals surface area contributed by atoms with Gasteiger partial charge in [-0.25, -0.2) is 0 Å². The number of carbonyl (C=O) groups excluding carboxylic acids is 1. The first kappa shape index (κ1) is 14.5. The molecule has 18 heavy (non-hydrogen) atoms. The number of nitrogens with one attached hydrogen (secondary N) is 1. The lowest BCUT2D eigenvalue weighted by atomic mass is 10.0. The second-order valence-electron chi connectivity index (χ2n) is 4.80. The highest BCUT2D eigenvalue weighted by molar-refractivity contribution is 5.79. The van der Waals surface area contributed by atoms with Crippen LogP contribution in [0.15, 0.2) is 24.3 Å². The molecule has 0 bridgehead atoms. The topological polar surface area (TPSA) is 75.3 Å². The van der Waals surface area contributed by atoms with Gasteiger partial charge in [0.1, 0.15) is 5.75 Å². The Morgan fingerprint density at radius 1 is 1.39 bits per heavy atom. The molecule has 1 rings (SSSR count). The number of rotatable bonds is 6. The van der Waals surface area contributed by atoms with Crippen LogP contribution in [0.3, 0.4) is 0 Å². The number of para-hydroxylation sites is 1. The molecule has 0 aliphatic rings. The predicted octanol–water partition coefficient (Wildman–Crippen LogP) is 1.42. The molecule has 0 aliphatic heterocycles. The molecule has 1 atom stereocenters. The molecule has 1 aromatic carbocycles. The maximum atomic E-state index is 11.9. The fraction of sp³-hybridized carbons (Fsp3) is 0.500. The summed E-state index contributed by atoms with van der Waals surface area (Å²) in [6.07, 6.45) is 0.963. The van der Waals surface area contributed by atoms with Gasteiger partial charge in [-0.2, -0.15) is 0 Å². The Morgan fingerprint density at radius 2 is 2.06 bits per heavy atom. The summed E-state index contributed by atoms with van der Waals surface area (Å²) >= 11 is 0. The Balaban J connectivity index is 2.58. The van der Waals surface area contributed by atoms with Crippen LogP contribution < -0.4 is 11.1 Å². The van der Waals surface area contributed by atoms with Crippen LogP contribution in [-0.2, 0) is 11.2 Å². The normalized spacial score (nSPS) is 12.4. The molecule has 100 valence electrons. The van der Waals surface area contributed by atoms with Gasteiger partial charge < -0.3 is 16.2 Å². The zero-order valence-electron chi connectivity index (χ0n) is 11.0. The molecule has 1 amide bonds. The summed E-state index contributed by atoms with van der Waals surface area (Å²) in [5, 5.41) is 12.6. The number of carbonyl (C=O) groups is 1. The first-order chi connectivity index (χ1) is 8.54. The Bertz CT molecular complexity index is 391. The van der Waals surface area contributed by atoms with E-state index in [0.717, 1.165) is 6.42 Å². The highest BCUT2D eigenvalue weighted by Gasteiger charge is 2.16. The van der Waals surface area contributed by atoms with E-state index < -0.39 is 0 Å². The average Bonchev–Trinajstić information content (AvgIpc) is 2.31. The maximum absolute atomic E-state index is 11.9. The fourth-order valence-corrected chi connectivity index (χ4v) is 1.84. The zero-order chi connectivity index (χ0) is 13.5. The van der Waals surface area contributed by atoms with Crippen molar-refractivity contribution in [3.8, 4) is 5.75 Å². The van der Waals surface area contributed by atoms with Crippen molar-refractivity contribution < 1.29 is 9.90 Å². The van der Waals surface area contributed by atoms with Crippen LogP contribution >= 0.6 is 0 Å². The van der Waals surface area contributed by atoms with Gasteiger partial charge in [0.2, 0.25) is 5.91 Å². The molecule has 0 heterocycles. The summed E-state index contributed by atoms with van der Waals surface area (Å²) < 4.78 is 0. The third kappa shape index (κ3) is 4.37. The van der Waals surface area contributed by atoms with Crippen molar-refractivity contribution in [2.24, 2.45) is 11.7 Å². The number of benzene rings is 1. The first-order valence-corrected chi connectivity index (χ1v) is 6.31. The summed E-state index contributed by atoms with van der Waals surface area (Å²) in [4.78, 5) is 11.9. The average molecular weight is 250 g/mol. The molecule has 4 heteroatoms. The molecule has 4 N–H and O–H groups in total. The van der Waals surface area contributed by atoms with Gasteiger partial charge in [-0.1, -0.05) is 32.0 Å². The monoisotopic (exact) mass is 250 g/mol. The van der Waals surface area contributed by atoms with E-state index in [4.69, 9.17) is 5.73 Å². The van der Waals surface area contributed by atoms with Crippen LogP contribution in [0.5, 0.6) is 5.75 Å². The van der Waals surface area contributed by atoms with Crippen molar-refractivity contribution >= 4 is 5.91 Å². The molecular weight excluding hydrogens is 228 g/mol. The number of phenolic OH excluding ortho intramolecular Hbond substituents is 1. The third-order valence-electron chi connectivity index (χ3n) is 2.97. The van der Waals surface area contributed by atoms with Crippen molar-refractivity contribution in [3.05, 3.63) is 29.8 Å². The third-order valence-corrected chi connectivity index (χ3v) is 2.97. The Kier molecular flexibility index (Phi) is 5.65. The van der Waals surface area contributed by atoms with Crippen molar-refractivity contribution in [2.45, 2.75) is 32.7 Å². The summed E-state index contributed by atoms with van der Waals surface area (Å²) in [5.41, 5.74) is 6.17. The second-order valence-corrected chi connectivity index (χ2v) is 4.80. The Hall–Kier alpha value is -1.55. The SMILES string of the molecule is CC(C)C(CCN)NC(=O)Cc1ccccc1O. The number of nitrogens with two attached hydrogens (primary N) is 1. The molecule has 0 aliphatic carbocycles. The molecule has 4 nitrogen and oxygen atoms in total. The lowest BCUT2D eigenvalue weighted by molar-refractivity contribution is -0.121. The van der Waals surface area contributed by atoms with Gasteiger partial charge in [0.15, 0.2) is 0 Å². The van der Waals surface area contributed by atoms with E-state index in [0.29, 0.717) is 18.0 Å². The second kappa shape index (κ2) is 7.01. The van der Waals surface area contributed by atoms with Gasteiger partial charge in [0, 0.05) is 11.6 Å². The van der Waals surface area contributed by atoms with E-state index in [1.165, 1.54) is 0 Å². The molecule has 0 saturated carbocycles. The van der Waals surface area contributed by atoms with Crippen LogP contribution in [0.25, 0.3) is 0 Å².